The molecule has 6 rings (SSSR count). The van der Waals surface area contributed by atoms with Gasteiger partial charge in [-0.2, -0.15) is 5.10 Å². The minimum atomic E-state index is -2.56. The molecule has 0 bridgehead atoms. The minimum absolute atomic E-state index is 0.0493. The second-order valence-corrected chi connectivity index (χ2v) is 13.0. The van der Waals surface area contributed by atoms with Gasteiger partial charge < -0.3 is 18.4 Å². The van der Waals surface area contributed by atoms with Crippen molar-refractivity contribution in [2.45, 2.75) is 19.5 Å². The molecule has 1 amide bonds. The number of halogens is 1. The number of nitrogens with one attached hydrogen (secondary N) is 1. The van der Waals surface area contributed by atoms with Crippen molar-refractivity contribution in [3.8, 4) is 11.6 Å². The van der Waals surface area contributed by atoms with Gasteiger partial charge in [0.2, 0.25) is 0 Å². The monoisotopic (exact) mass is 546 g/mol. The lowest BCUT2D eigenvalue weighted by molar-refractivity contribution is 0.0703. The third kappa shape index (κ3) is 4.59. The van der Waals surface area contributed by atoms with Crippen LogP contribution in [0.3, 0.4) is 0 Å². The number of furan rings is 1. The molecular formula is C27H24FN6O4P. The third-order valence-electron chi connectivity index (χ3n) is 6.79. The van der Waals surface area contributed by atoms with Crippen LogP contribution in [-0.4, -0.2) is 55.6 Å². The Labute approximate surface area is 221 Å². The predicted octanol–water partition coefficient (Wildman–Crippen LogP) is 3.41. The summed E-state index contributed by atoms with van der Waals surface area (Å²) in [5, 5.41) is 16.4. The van der Waals surface area contributed by atoms with Crippen molar-refractivity contribution in [1.82, 2.24) is 29.9 Å². The van der Waals surface area contributed by atoms with Gasteiger partial charge in [-0.25, -0.2) is 9.49 Å². The van der Waals surface area contributed by atoms with Crippen LogP contribution in [0, 0.1) is 5.82 Å². The average Bonchev–Trinajstić information content (AvgIpc) is 3.58. The quantitative estimate of drug-likeness (QED) is 0.335. The highest BCUT2D eigenvalue weighted by atomic mass is 31.2. The summed E-state index contributed by atoms with van der Waals surface area (Å²) in [5.74, 6) is 0.407. The summed E-state index contributed by atoms with van der Waals surface area (Å²) in [4.78, 5) is 27.0. The van der Waals surface area contributed by atoms with Crippen LogP contribution >= 0.6 is 7.14 Å². The summed E-state index contributed by atoms with van der Waals surface area (Å²) in [7, 11) is -2.56. The summed E-state index contributed by atoms with van der Waals surface area (Å²) in [6.07, 6.45) is 0.309. The van der Waals surface area contributed by atoms with Crippen LogP contribution < -0.4 is 11.1 Å². The minimum Gasteiger partial charge on any atom is -0.450 e. The Hall–Kier alpha value is -4.37. The molecule has 1 aliphatic heterocycles. The molecule has 1 aliphatic rings. The summed E-state index contributed by atoms with van der Waals surface area (Å²) in [5.41, 5.74) is 1.38. The lowest BCUT2D eigenvalue weighted by Crippen LogP contribution is -2.39. The number of H-pyrrole nitrogens is 1. The van der Waals surface area contributed by atoms with Crippen molar-refractivity contribution in [3.05, 3.63) is 93.4 Å². The van der Waals surface area contributed by atoms with E-state index in [1.165, 1.54) is 17.0 Å². The van der Waals surface area contributed by atoms with E-state index in [1.807, 2.05) is 16.7 Å². The van der Waals surface area contributed by atoms with Crippen molar-refractivity contribution in [2.24, 2.45) is 0 Å². The van der Waals surface area contributed by atoms with Crippen molar-refractivity contribution in [2.75, 3.05) is 19.9 Å². The smallest absolute Gasteiger partial charge is 0.272 e. The lowest BCUT2D eigenvalue weighted by Gasteiger charge is -2.28. The van der Waals surface area contributed by atoms with Gasteiger partial charge in [0.1, 0.15) is 13.0 Å². The maximum Gasteiger partial charge on any atom is 0.272 e. The Kier molecular flexibility index (Phi) is 6.03. The van der Waals surface area contributed by atoms with Crippen LogP contribution in [0.15, 0.2) is 63.8 Å². The fraction of sp³-hybridized carbons (Fsp3) is 0.222. The first-order chi connectivity index (χ1) is 18.7. The van der Waals surface area contributed by atoms with E-state index in [4.69, 9.17) is 4.42 Å². The molecule has 0 saturated carbocycles. The maximum absolute atomic E-state index is 14.9. The third-order valence-corrected chi connectivity index (χ3v) is 8.09. The van der Waals surface area contributed by atoms with Gasteiger partial charge in [0.05, 0.1) is 23.2 Å². The number of rotatable bonds is 5. The maximum atomic E-state index is 14.9. The molecule has 39 heavy (non-hydrogen) atoms. The molecule has 0 saturated heterocycles. The molecule has 2 aromatic carbocycles. The zero-order valence-corrected chi connectivity index (χ0v) is 22.1. The van der Waals surface area contributed by atoms with Crippen LogP contribution in [0.5, 0.6) is 0 Å². The fourth-order valence-corrected chi connectivity index (χ4v) is 5.52. The molecule has 0 atom stereocenters. The van der Waals surface area contributed by atoms with Gasteiger partial charge in [-0.05, 0) is 49.2 Å². The number of nitrogens with zero attached hydrogens (tertiary/aromatic N) is 5. The van der Waals surface area contributed by atoms with E-state index in [2.05, 4.69) is 20.4 Å². The van der Waals surface area contributed by atoms with Gasteiger partial charge in [0, 0.05) is 24.9 Å². The number of aromatic nitrogens is 5. The molecular weight excluding hydrogens is 522 g/mol. The summed E-state index contributed by atoms with van der Waals surface area (Å²) >= 11 is 0. The van der Waals surface area contributed by atoms with Crippen LogP contribution in [0.25, 0.3) is 22.4 Å². The standard InChI is InChI=1S/C27H24FN6O4P/c1-39(2,37)24-10-9-22(38-24)25-31-30-23-15-33(11-12-34(23)25)27(36)19-13-16(7-8-20(19)28)14-21-17-5-3-4-6-18(17)26(35)32-29-21/h3-10,13H,11-12,14-15H2,1-2H3,(H,32,35). The normalized spacial score (nSPS) is 13.6. The molecule has 0 fully saturated rings. The van der Waals surface area contributed by atoms with E-state index in [1.54, 1.807) is 43.7 Å². The molecule has 0 radical (unpaired) electrons. The second-order valence-electron chi connectivity index (χ2n) is 9.84. The van der Waals surface area contributed by atoms with Crippen molar-refractivity contribution >= 4 is 29.3 Å². The second kappa shape index (κ2) is 9.43. The van der Waals surface area contributed by atoms with Crippen LogP contribution in [0.4, 0.5) is 4.39 Å². The van der Waals surface area contributed by atoms with Gasteiger partial charge in [0.15, 0.2) is 22.9 Å². The molecule has 0 spiro atoms. The molecule has 1 N–H and O–H groups in total. The topological polar surface area (TPSA) is 127 Å². The summed E-state index contributed by atoms with van der Waals surface area (Å²) in [6.45, 7) is 4.12. The van der Waals surface area contributed by atoms with Crippen molar-refractivity contribution in [3.63, 3.8) is 0 Å². The summed E-state index contributed by atoms with van der Waals surface area (Å²) < 4.78 is 34.8. The number of carbonyl (C=O) groups excluding carboxylic acids is 1. The van der Waals surface area contributed by atoms with Gasteiger partial charge in [-0.15, -0.1) is 10.2 Å². The van der Waals surface area contributed by atoms with Crippen LogP contribution in [0.2, 0.25) is 0 Å². The fourth-order valence-electron chi connectivity index (χ4n) is 4.77. The predicted molar refractivity (Wildman–Crippen MR) is 143 cm³/mol. The van der Waals surface area contributed by atoms with Crippen LogP contribution in [-0.2, 0) is 24.1 Å². The van der Waals surface area contributed by atoms with Gasteiger partial charge in [-0.3, -0.25) is 9.59 Å². The Balaban J connectivity index is 1.24. The number of hydrogen-bond donors (Lipinski definition) is 1. The number of benzene rings is 2. The molecule has 3 aromatic heterocycles. The van der Waals surface area contributed by atoms with Gasteiger partial charge >= 0.3 is 0 Å². The number of aromatic amines is 1. The molecule has 198 valence electrons. The SMILES string of the molecule is CP(C)(=O)c1ccc(-c2nnc3n2CCN(C(=O)c2cc(Cc4n[nH]c(=O)c5ccccc45)ccc2F)C3)o1. The van der Waals surface area contributed by atoms with E-state index in [0.29, 0.717) is 64.5 Å². The van der Waals surface area contributed by atoms with E-state index < -0.39 is 18.9 Å². The van der Waals surface area contributed by atoms with E-state index >= 15 is 0 Å². The first kappa shape index (κ1) is 24.9. The van der Waals surface area contributed by atoms with Gasteiger partial charge in [0.25, 0.3) is 11.5 Å². The van der Waals surface area contributed by atoms with E-state index in [9.17, 15) is 18.5 Å². The first-order valence-electron chi connectivity index (χ1n) is 12.3. The summed E-state index contributed by atoms with van der Waals surface area (Å²) in [6, 6.07) is 14.9. The number of fused-ring (bicyclic) bond motifs is 2. The zero-order chi connectivity index (χ0) is 27.3. The Morgan fingerprint density at radius 2 is 1.87 bits per heavy atom. The molecule has 10 nitrogen and oxygen atoms in total. The van der Waals surface area contributed by atoms with Crippen molar-refractivity contribution < 1.29 is 18.2 Å². The van der Waals surface area contributed by atoms with E-state index in [0.717, 1.165) is 0 Å². The lowest BCUT2D eigenvalue weighted by atomic mass is 10.0. The molecule has 0 unspecified atom stereocenters. The highest BCUT2D eigenvalue weighted by molar-refractivity contribution is 7.69. The molecule has 0 aliphatic carbocycles. The van der Waals surface area contributed by atoms with Gasteiger partial charge in [-0.1, -0.05) is 24.3 Å². The highest BCUT2D eigenvalue weighted by Crippen LogP contribution is 2.36. The first-order valence-corrected chi connectivity index (χ1v) is 14.9. The number of amides is 1. The Morgan fingerprint density at radius 3 is 2.64 bits per heavy atom. The molecule has 12 heteroatoms. The number of carbonyl (C=O) groups is 1. The number of hydrogen-bond acceptors (Lipinski definition) is 7. The largest absolute Gasteiger partial charge is 0.450 e. The highest BCUT2D eigenvalue weighted by Gasteiger charge is 2.29. The zero-order valence-electron chi connectivity index (χ0n) is 21.2. The average molecular weight is 546 g/mol. The van der Waals surface area contributed by atoms with Crippen LogP contribution in [0.1, 0.15) is 27.4 Å². The molecule has 5 aromatic rings. The van der Waals surface area contributed by atoms with Crippen molar-refractivity contribution in [1.29, 1.82) is 0 Å². The Morgan fingerprint density at radius 1 is 1.08 bits per heavy atom. The van der Waals surface area contributed by atoms with E-state index in [-0.39, 0.29) is 17.7 Å². The Bertz CT molecular complexity index is 1850. The molecule has 4 heterocycles.